The molecule has 2 unspecified atom stereocenters. The molecule has 1 saturated carbocycles. The minimum Gasteiger partial charge on any atom is -0.314 e. The molecule has 2 aliphatic rings. The van der Waals surface area contributed by atoms with Crippen LogP contribution in [-0.2, 0) is 0 Å². The van der Waals surface area contributed by atoms with Crippen LogP contribution in [-0.4, -0.2) is 61.7 Å². The average molecular weight is 267 g/mol. The van der Waals surface area contributed by atoms with Gasteiger partial charge in [0.1, 0.15) is 0 Å². The molecule has 0 radical (unpaired) electrons. The van der Waals surface area contributed by atoms with Gasteiger partial charge in [0.2, 0.25) is 0 Å². The molecule has 1 heterocycles. The number of nitrogens with zero attached hydrogens (tertiary/aromatic N) is 2. The van der Waals surface area contributed by atoms with Crippen molar-refractivity contribution in [2.24, 2.45) is 5.92 Å². The Morgan fingerprint density at radius 3 is 2.32 bits per heavy atom. The van der Waals surface area contributed by atoms with Gasteiger partial charge in [0.15, 0.2) is 0 Å². The van der Waals surface area contributed by atoms with Crippen LogP contribution in [0.25, 0.3) is 0 Å². The summed E-state index contributed by atoms with van der Waals surface area (Å²) < 4.78 is 0. The maximum absolute atomic E-state index is 3.72. The van der Waals surface area contributed by atoms with Gasteiger partial charge in [0.25, 0.3) is 0 Å². The fourth-order valence-electron chi connectivity index (χ4n) is 3.80. The molecule has 0 amide bonds. The molecule has 2 atom stereocenters. The van der Waals surface area contributed by atoms with Gasteiger partial charge in [-0.2, -0.15) is 0 Å². The van der Waals surface area contributed by atoms with E-state index in [1.807, 2.05) is 0 Å². The average Bonchev–Trinajstić information content (AvgIpc) is 2.44. The van der Waals surface area contributed by atoms with Gasteiger partial charge in [-0.1, -0.05) is 26.7 Å². The second-order valence-corrected chi connectivity index (χ2v) is 6.35. The van der Waals surface area contributed by atoms with E-state index in [1.165, 1.54) is 71.4 Å². The first kappa shape index (κ1) is 15.3. The van der Waals surface area contributed by atoms with E-state index < -0.39 is 0 Å². The Morgan fingerprint density at radius 2 is 1.63 bits per heavy atom. The number of nitrogens with one attached hydrogen (secondary N) is 1. The summed E-state index contributed by atoms with van der Waals surface area (Å²) in [5.74, 6) is 0.895. The third-order valence-electron chi connectivity index (χ3n) is 4.87. The monoisotopic (exact) mass is 267 g/mol. The Kier molecular flexibility index (Phi) is 6.62. The van der Waals surface area contributed by atoms with E-state index >= 15 is 0 Å². The minimum atomic E-state index is 0.785. The lowest BCUT2D eigenvalue weighted by Gasteiger charge is -2.40. The van der Waals surface area contributed by atoms with Crippen molar-refractivity contribution < 1.29 is 0 Å². The summed E-state index contributed by atoms with van der Waals surface area (Å²) in [6, 6.07) is 0.785. The minimum absolute atomic E-state index is 0.785. The summed E-state index contributed by atoms with van der Waals surface area (Å²) in [6.07, 6.45) is 7.01. The molecule has 1 saturated heterocycles. The first-order valence-corrected chi connectivity index (χ1v) is 8.51. The molecule has 112 valence electrons. The molecule has 0 spiro atoms. The van der Waals surface area contributed by atoms with Crippen LogP contribution in [0.2, 0.25) is 0 Å². The third kappa shape index (κ3) is 4.73. The Balaban J connectivity index is 1.74. The highest BCUT2D eigenvalue weighted by Crippen LogP contribution is 2.25. The highest BCUT2D eigenvalue weighted by Gasteiger charge is 2.27. The van der Waals surface area contributed by atoms with Crippen LogP contribution in [0.4, 0.5) is 0 Å². The highest BCUT2D eigenvalue weighted by molar-refractivity contribution is 4.84. The van der Waals surface area contributed by atoms with Crippen LogP contribution >= 0.6 is 0 Å². The van der Waals surface area contributed by atoms with Crippen molar-refractivity contribution in [1.82, 2.24) is 15.1 Å². The Hall–Kier alpha value is -0.120. The summed E-state index contributed by atoms with van der Waals surface area (Å²) in [4.78, 5) is 5.34. The van der Waals surface area contributed by atoms with Crippen LogP contribution < -0.4 is 5.32 Å². The second kappa shape index (κ2) is 8.23. The van der Waals surface area contributed by atoms with E-state index in [0.29, 0.717) is 0 Å². The van der Waals surface area contributed by atoms with Gasteiger partial charge in [0.05, 0.1) is 0 Å². The van der Waals surface area contributed by atoms with Crippen LogP contribution in [0.3, 0.4) is 0 Å². The molecule has 3 nitrogen and oxygen atoms in total. The van der Waals surface area contributed by atoms with E-state index in [1.54, 1.807) is 0 Å². The lowest BCUT2D eigenvalue weighted by molar-refractivity contribution is 0.0996. The third-order valence-corrected chi connectivity index (χ3v) is 4.87. The van der Waals surface area contributed by atoms with Crippen LogP contribution in [0.1, 0.15) is 46.0 Å². The molecular weight excluding hydrogens is 234 g/mol. The molecule has 19 heavy (non-hydrogen) atoms. The van der Waals surface area contributed by atoms with Gasteiger partial charge in [-0.25, -0.2) is 0 Å². The van der Waals surface area contributed by atoms with E-state index in [9.17, 15) is 0 Å². The van der Waals surface area contributed by atoms with Crippen molar-refractivity contribution in [3.63, 3.8) is 0 Å². The second-order valence-electron chi connectivity index (χ2n) is 6.35. The van der Waals surface area contributed by atoms with Gasteiger partial charge >= 0.3 is 0 Å². The molecule has 3 heteroatoms. The molecule has 0 bridgehead atoms. The largest absolute Gasteiger partial charge is 0.314 e. The fraction of sp³-hybridized carbons (Fsp3) is 1.00. The normalized spacial score (nSPS) is 30.6. The van der Waals surface area contributed by atoms with Gasteiger partial charge in [-0.3, -0.25) is 0 Å². The van der Waals surface area contributed by atoms with E-state index in [2.05, 4.69) is 29.0 Å². The Bertz CT molecular complexity index is 234. The maximum atomic E-state index is 3.72. The molecule has 1 aliphatic carbocycles. The quantitative estimate of drug-likeness (QED) is 0.796. The standard InChI is InChI=1S/C16H33N3/c1-3-9-18-10-12-19(13-11-18)14-15-7-5-6-8-16(15)17-4-2/h15-17H,3-14H2,1-2H3. The predicted molar refractivity (Wildman–Crippen MR) is 82.6 cm³/mol. The summed E-state index contributed by atoms with van der Waals surface area (Å²) in [5, 5.41) is 3.72. The molecule has 0 aromatic heterocycles. The van der Waals surface area contributed by atoms with Crippen molar-refractivity contribution in [3.8, 4) is 0 Å². The zero-order valence-corrected chi connectivity index (χ0v) is 13.0. The molecule has 2 rings (SSSR count). The van der Waals surface area contributed by atoms with Gasteiger partial charge in [-0.15, -0.1) is 0 Å². The summed E-state index contributed by atoms with van der Waals surface area (Å²) in [6.45, 7) is 13.4. The Morgan fingerprint density at radius 1 is 0.947 bits per heavy atom. The van der Waals surface area contributed by atoms with Crippen LogP contribution in [0, 0.1) is 5.92 Å². The van der Waals surface area contributed by atoms with Gasteiger partial charge in [-0.05, 0) is 38.3 Å². The topological polar surface area (TPSA) is 18.5 Å². The van der Waals surface area contributed by atoms with Gasteiger partial charge < -0.3 is 15.1 Å². The number of rotatable bonds is 6. The van der Waals surface area contributed by atoms with E-state index in [4.69, 9.17) is 0 Å². The van der Waals surface area contributed by atoms with Crippen LogP contribution in [0.15, 0.2) is 0 Å². The molecule has 1 N–H and O–H groups in total. The lowest BCUT2D eigenvalue weighted by atomic mass is 9.84. The predicted octanol–water partition coefficient (Wildman–Crippen LogP) is 2.18. The summed E-state index contributed by atoms with van der Waals surface area (Å²) in [7, 11) is 0. The van der Waals surface area contributed by atoms with E-state index in [0.717, 1.165) is 18.5 Å². The van der Waals surface area contributed by atoms with Crippen molar-refractivity contribution in [3.05, 3.63) is 0 Å². The highest BCUT2D eigenvalue weighted by atomic mass is 15.3. The zero-order chi connectivity index (χ0) is 13.5. The van der Waals surface area contributed by atoms with Crippen LogP contribution in [0.5, 0.6) is 0 Å². The number of hydrogen-bond acceptors (Lipinski definition) is 3. The molecule has 0 aromatic rings. The number of hydrogen-bond donors (Lipinski definition) is 1. The first-order valence-electron chi connectivity index (χ1n) is 8.51. The molecule has 1 aliphatic heterocycles. The lowest BCUT2D eigenvalue weighted by Crippen LogP contribution is -2.50. The van der Waals surface area contributed by atoms with Crippen molar-refractivity contribution in [2.45, 2.75) is 52.0 Å². The fourth-order valence-corrected chi connectivity index (χ4v) is 3.80. The molecule has 0 aromatic carbocycles. The van der Waals surface area contributed by atoms with Crippen molar-refractivity contribution >= 4 is 0 Å². The van der Waals surface area contributed by atoms with E-state index in [-0.39, 0.29) is 0 Å². The summed E-state index contributed by atoms with van der Waals surface area (Å²) in [5.41, 5.74) is 0. The Labute approximate surface area is 119 Å². The summed E-state index contributed by atoms with van der Waals surface area (Å²) >= 11 is 0. The molecular formula is C16H33N3. The van der Waals surface area contributed by atoms with Gasteiger partial charge in [0, 0.05) is 38.8 Å². The number of piperazine rings is 1. The maximum Gasteiger partial charge on any atom is 0.0110 e. The first-order chi connectivity index (χ1) is 9.33. The SMILES string of the molecule is CCCN1CCN(CC2CCCCC2NCC)CC1. The smallest absolute Gasteiger partial charge is 0.0110 e. The van der Waals surface area contributed by atoms with Crippen molar-refractivity contribution in [1.29, 1.82) is 0 Å². The van der Waals surface area contributed by atoms with Crippen molar-refractivity contribution in [2.75, 3.05) is 45.8 Å². The zero-order valence-electron chi connectivity index (χ0n) is 13.0. The molecule has 2 fully saturated rings.